The quantitative estimate of drug-likeness (QED) is 0.781. The molecule has 0 aliphatic rings. The minimum absolute atomic E-state index is 0.108. The molecule has 1 nitrogen and oxygen atoms in total. The first-order valence-electron chi connectivity index (χ1n) is 3.99. The van der Waals surface area contributed by atoms with E-state index in [9.17, 15) is 4.39 Å². The smallest absolute Gasteiger partial charge is 0.146 e. The maximum absolute atomic E-state index is 13.3. The predicted molar refractivity (Wildman–Crippen MR) is 53.8 cm³/mol. The minimum atomic E-state index is -0.428. The Balaban J connectivity index is 2.96. The SMILES string of the molecule is NCCCc1c(Cl)ccc(Cl)c1F. The van der Waals surface area contributed by atoms with E-state index in [0.29, 0.717) is 30.0 Å². The van der Waals surface area contributed by atoms with Crippen molar-refractivity contribution in [3.8, 4) is 0 Å². The lowest BCUT2D eigenvalue weighted by Gasteiger charge is -2.05. The van der Waals surface area contributed by atoms with Crippen LogP contribution in [0.4, 0.5) is 4.39 Å². The zero-order valence-electron chi connectivity index (χ0n) is 6.99. The third-order valence-corrected chi connectivity index (χ3v) is 2.42. The van der Waals surface area contributed by atoms with Crippen LogP contribution < -0.4 is 5.73 Å². The summed E-state index contributed by atoms with van der Waals surface area (Å²) in [5.41, 5.74) is 5.77. The Morgan fingerprint density at radius 2 is 1.85 bits per heavy atom. The van der Waals surface area contributed by atoms with Gasteiger partial charge in [0, 0.05) is 10.6 Å². The molecule has 1 aromatic rings. The van der Waals surface area contributed by atoms with E-state index < -0.39 is 5.82 Å². The third-order valence-electron chi connectivity index (χ3n) is 1.77. The molecule has 0 fully saturated rings. The summed E-state index contributed by atoms with van der Waals surface area (Å²) in [4.78, 5) is 0. The fourth-order valence-electron chi connectivity index (χ4n) is 1.08. The molecule has 0 heterocycles. The van der Waals surface area contributed by atoms with Gasteiger partial charge in [-0.05, 0) is 31.5 Å². The highest BCUT2D eigenvalue weighted by atomic mass is 35.5. The predicted octanol–water partition coefficient (Wildman–Crippen LogP) is 3.02. The van der Waals surface area contributed by atoms with Crippen LogP contribution in [0.25, 0.3) is 0 Å². The van der Waals surface area contributed by atoms with Gasteiger partial charge in [0.25, 0.3) is 0 Å². The average Bonchev–Trinajstić information content (AvgIpc) is 2.12. The second-order valence-corrected chi connectivity index (χ2v) is 3.53. The van der Waals surface area contributed by atoms with E-state index in [-0.39, 0.29) is 5.02 Å². The highest BCUT2D eigenvalue weighted by molar-refractivity contribution is 6.33. The molecule has 0 saturated carbocycles. The van der Waals surface area contributed by atoms with Crippen molar-refractivity contribution in [3.05, 3.63) is 33.6 Å². The molecule has 0 aromatic heterocycles. The first-order valence-corrected chi connectivity index (χ1v) is 4.75. The van der Waals surface area contributed by atoms with Crippen LogP contribution in [0.15, 0.2) is 12.1 Å². The summed E-state index contributed by atoms with van der Waals surface area (Å²) in [6.45, 7) is 0.516. The number of hydrogen-bond donors (Lipinski definition) is 1. The second kappa shape index (κ2) is 4.80. The lowest BCUT2D eigenvalue weighted by Crippen LogP contribution is -2.02. The van der Waals surface area contributed by atoms with Gasteiger partial charge in [0.2, 0.25) is 0 Å². The van der Waals surface area contributed by atoms with E-state index in [4.69, 9.17) is 28.9 Å². The summed E-state index contributed by atoms with van der Waals surface area (Å²) in [5, 5.41) is 0.520. The van der Waals surface area contributed by atoms with Gasteiger partial charge in [-0.25, -0.2) is 4.39 Å². The van der Waals surface area contributed by atoms with Crippen molar-refractivity contribution in [3.63, 3.8) is 0 Å². The molecule has 13 heavy (non-hydrogen) atoms. The first kappa shape index (κ1) is 10.8. The highest BCUT2D eigenvalue weighted by Gasteiger charge is 2.09. The van der Waals surface area contributed by atoms with Gasteiger partial charge in [0.05, 0.1) is 5.02 Å². The molecule has 0 unspecified atom stereocenters. The van der Waals surface area contributed by atoms with Gasteiger partial charge in [0.1, 0.15) is 5.82 Å². The van der Waals surface area contributed by atoms with E-state index >= 15 is 0 Å². The minimum Gasteiger partial charge on any atom is -0.330 e. The van der Waals surface area contributed by atoms with Crippen molar-refractivity contribution in [1.82, 2.24) is 0 Å². The normalized spacial score (nSPS) is 10.5. The van der Waals surface area contributed by atoms with Crippen LogP contribution >= 0.6 is 23.2 Å². The van der Waals surface area contributed by atoms with E-state index in [0.717, 1.165) is 0 Å². The van der Waals surface area contributed by atoms with Crippen LogP contribution in [0.2, 0.25) is 10.0 Å². The molecule has 72 valence electrons. The molecule has 0 spiro atoms. The molecular weight excluding hydrogens is 212 g/mol. The molecule has 4 heteroatoms. The maximum atomic E-state index is 13.3. The Hall–Kier alpha value is -0.310. The molecule has 0 aliphatic carbocycles. The van der Waals surface area contributed by atoms with E-state index in [1.807, 2.05) is 0 Å². The van der Waals surface area contributed by atoms with Gasteiger partial charge in [-0.2, -0.15) is 0 Å². The zero-order chi connectivity index (χ0) is 9.84. The van der Waals surface area contributed by atoms with Crippen molar-refractivity contribution in [2.24, 2.45) is 5.73 Å². The number of benzene rings is 1. The summed E-state index contributed by atoms with van der Waals surface area (Å²) in [6.07, 6.45) is 1.23. The van der Waals surface area contributed by atoms with Gasteiger partial charge in [-0.1, -0.05) is 23.2 Å². The standard InChI is InChI=1S/C9H10Cl2FN/c10-7-3-4-8(11)9(12)6(7)2-1-5-13/h3-4H,1-2,5,13H2. The molecule has 1 aromatic carbocycles. The van der Waals surface area contributed by atoms with Crippen molar-refractivity contribution >= 4 is 23.2 Å². The molecular formula is C9H10Cl2FN. The molecule has 0 bridgehead atoms. The number of halogens is 3. The van der Waals surface area contributed by atoms with Crippen LogP contribution in [0.5, 0.6) is 0 Å². The van der Waals surface area contributed by atoms with Gasteiger partial charge in [-0.15, -0.1) is 0 Å². The van der Waals surface area contributed by atoms with Gasteiger partial charge in [-0.3, -0.25) is 0 Å². The Labute approximate surface area is 86.6 Å². The molecule has 0 amide bonds. The average molecular weight is 222 g/mol. The van der Waals surface area contributed by atoms with Crippen LogP contribution in [-0.2, 0) is 6.42 Å². The summed E-state index contributed by atoms with van der Waals surface area (Å²) in [6, 6.07) is 3.05. The summed E-state index contributed by atoms with van der Waals surface area (Å²) < 4.78 is 13.3. The van der Waals surface area contributed by atoms with Gasteiger partial charge >= 0.3 is 0 Å². The molecule has 0 radical (unpaired) electrons. The Kier molecular flexibility index (Phi) is 3.97. The lowest BCUT2D eigenvalue weighted by molar-refractivity contribution is 0.606. The van der Waals surface area contributed by atoms with Crippen molar-refractivity contribution in [2.75, 3.05) is 6.54 Å². The molecule has 2 N–H and O–H groups in total. The molecule has 0 aliphatic heterocycles. The van der Waals surface area contributed by atoms with Crippen molar-refractivity contribution in [1.29, 1.82) is 0 Å². The van der Waals surface area contributed by atoms with Gasteiger partial charge in [0.15, 0.2) is 0 Å². The first-order chi connectivity index (χ1) is 6.16. The van der Waals surface area contributed by atoms with Crippen molar-refractivity contribution in [2.45, 2.75) is 12.8 Å². The van der Waals surface area contributed by atoms with Crippen LogP contribution in [0.1, 0.15) is 12.0 Å². The maximum Gasteiger partial charge on any atom is 0.146 e. The molecule has 1 rings (SSSR count). The highest BCUT2D eigenvalue weighted by Crippen LogP contribution is 2.26. The summed E-state index contributed by atoms with van der Waals surface area (Å²) >= 11 is 11.4. The Bertz CT molecular complexity index is 302. The zero-order valence-corrected chi connectivity index (χ0v) is 8.50. The van der Waals surface area contributed by atoms with Crippen molar-refractivity contribution < 1.29 is 4.39 Å². The number of hydrogen-bond acceptors (Lipinski definition) is 1. The van der Waals surface area contributed by atoms with Crippen LogP contribution in [0.3, 0.4) is 0 Å². The Morgan fingerprint density at radius 3 is 2.46 bits per heavy atom. The van der Waals surface area contributed by atoms with Gasteiger partial charge < -0.3 is 5.73 Å². The van der Waals surface area contributed by atoms with Crippen LogP contribution in [-0.4, -0.2) is 6.54 Å². The topological polar surface area (TPSA) is 26.0 Å². The molecule has 0 atom stereocenters. The van der Waals surface area contributed by atoms with E-state index in [2.05, 4.69) is 0 Å². The van der Waals surface area contributed by atoms with Crippen LogP contribution in [0, 0.1) is 5.82 Å². The fraction of sp³-hybridized carbons (Fsp3) is 0.333. The van der Waals surface area contributed by atoms with E-state index in [1.165, 1.54) is 6.07 Å². The van der Waals surface area contributed by atoms with E-state index in [1.54, 1.807) is 6.07 Å². The number of rotatable bonds is 3. The second-order valence-electron chi connectivity index (χ2n) is 2.71. The summed E-state index contributed by atoms with van der Waals surface area (Å²) in [7, 11) is 0. The fourth-order valence-corrected chi connectivity index (χ4v) is 1.49. The lowest BCUT2D eigenvalue weighted by atomic mass is 10.1. The largest absolute Gasteiger partial charge is 0.330 e. The Morgan fingerprint density at radius 1 is 1.23 bits per heavy atom. The monoisotopic (exact) mass is 221 g/mol. The molecule has 0 saturated heterocycles. The number of nitrogens with two attached hydrogens (primary N) is 1. The summed E-state index contributed by atoms with van der Waals surface area (Å²) in [5.74, 6) is -0.428. The third kappa shape index (κ3) is 2.56.